The molecule has 1 aromatic carbocycles. The van der Waals surface area contributed by atoms with Crippen LogP contribution in [0.15, 0.2) is 21.5 Å². The Morgan fingerprint density at radius 1 is 1.38 bits per heavy atom. The molecule has 0 aliphatic carbocycles. The second-order valence-corrected chi connectivity index (χ2v) is 7.67. The van der Waals surface area contributed by atoms with E-state index in [0.717, 1.165) is 25.0 Å². The standard InChI is InChI=1S/C13H16BrFN2O3S/c1-8-2-4-17(5-3-8)13(18)9-6-12(21(16,19)20)11(15)7-10(9)14/h6-8H,2-5H2,1H3,(H2,16,19,20). The molecule has 0 atom stereocenters. The van der Waals surface area contributed by atoms with Crippen LogP contribution in [0.4, 0.5) is 4.39 Å². The number of nitrogens with zero attached hydrogens (tertiary/aromatic N) is 1. The van der Waals surface area contributed by atoms with Crippen LogP contribution in [0.3, 0.4) is 0 Å². The minimum Gasteiger partial charge on any atom is -0.339 e. The zero-order valence-corrected chi connectivity index (χ0v) is 13.9. The van der Waals surface area contributed by atoms with E-state index in [1.165, 1.54) is 0 Å². The summed E-state index contributed by atoms with van der Waals surface area (Å²) in [6.45, 7) is 3.33. The van der Waals surface area contributed by atoms with E-state index in [1.54, 1.807) is 4.90 Å². The monoisotopic (exact) mass is 378 g/mol. The van der Waals surface area contributed by atoms with Gasteiger partial charge in [0.1, 0.15) is 10.7 Å². The molecule has 1 saturated heterocycles. The predicted octanol–water partition coefficient (Wildman–Crippen LogP) is 2.11. The quantitative estimate of drug-likeness (QED) is 0.855. The Bertz CT molecular complexity index is 670. The molecular formula is C13H16BrFN2O3S. The number of rotatable bonds is 2. The lowest BCUT2D eigenvalue weighted by Crippen LogP contribution is -2.38. The minimum absolute atomic E-state index is 0.106. The van der Waals surface area contributed by atoms with Gasteiger partial charge in [-0.2, -0.15) is 0 Å². The zero-order valence-electron chi connectivity index (χ0n) is 11.5. The lowest BCUT2D eigenvalue weighted by atomic mass is 9.98. The Balaban J connectivity index is 2.37. The molecular weight excluding hydrogens is 363 g/mol. The average Bonchev–Trinajstić information content (AvgIpc) is 2.37. The zero-order chi connectivity index (χ0) is 15.8. The molecule has 0 bridgehead atoms. The maximum Gasteiger partial charge on any atom is 0.255 e. The fourth-order valence-corrected chi connectivity index (χ4v) is 3.39. The van der Waals surface area contributed by atoms with Crippen molar-refractivity contribution >= 4 is 31.9 Å². The Hall–Kier alpha value is -0.990. The van der Waals surface area contributed by atoms with Crippen LogP contribution in [0.2, 0.25) is 0 Å². The van der Waals surface area contributed by atoms with E-state index in [4.69, 9.17) is 5.14 Å². The highest BCUT2D eigenvalue weighted by atomic mass is 79.9. The van der Waals surface area contributed by atoms with Crippen LogP contribution >= 0.6 is 15.9 Å². The number of piperidine rings is 1. The predicted molar refractivity (Wildman–Crippen MR) is 79.8 cm³/mol. The van der Waals surface area contributed by atoms with E-state index in [9.17, 15) is 17.6 Å². The highest BCUT2D eigenvalue weighted by Crippen LogP contribution is 2.26. The smallest absolute Gasteiger partial charge is 0.255 e. The van der Waals surface area contributed by atoms with Gasteiger partial charge in [0.25, 0.3) is 5.91 Å². The van der Waals surface area contributed by atoms with Gasteiger partial charge >= 0.3 is 0 Å². The number of nitrogens with two attached hydrogens (primary N) is 1. The van der Waals surface area contributed by atoms with Gasteiger partial charge in [0, 0.05) is 17.6 Å². The average molecular weight is 379 g/mol. The molecule has 1 aromatic rings. The molecule has 1 fully saturated rings. The number of halogens is 2. The van der Waals surface area contributed by atoms with Crippen LogP contribution < -0.4 is 5.14 Å². The first-order valence-corrected chi connectivity index (χ1v) is 8.85. The summed E-state index contributed by atoms with van der Waals surface area (Å²) in [5, 5.41) is 4.97. The van der Waals surface area contributed by atoms with Crippen LogP contribution in [-0.2, 0) is 10.0 Å². The lowest BCUT2D eigenvalue weighted by Gasteiger charge is -2.30. The third-order valence-corrected chi connectivity index (χ3v) is 5.21. The van der Waals surface area contributed by atoms with Crippen molar-refractivity contribution in [2.75, 3.05) is 13.1 Å². The van der Waals surface area contributed by atoms with Gasteiger partial charge in [-0.25, -0.2) is 17.9 Å². The summed E-state index contributed by atoms with van der Waals surface area (Å²) in [5.41, 5.74) is 0.106. The van der Waals surface area contributed by atoms with Crippen LogP contribution in [0, 0.1) is 11.7 Å². The van der Waals surface area contributed by atoms with Gasteiger partial charge in [-0.05, 0) is 46.8 Å². The SMILES string of the molecule is CC1CCN(C(=O)c2cc(S(N)(=O)=O)c(F)cc2Br)CC1. The summed E-state index contributed by atoms with van der Waals surface area (Å²) in [6.07, 6.45) is 1.79. The molecule has 0 unspecified atom stereocenters. The summed E-state index contributed by atoms with van der Waals surface area (Å²) >= 11 is 3.10. The third-order valence-electron chi connectivity index (χ3n) is 3.63. The number of benzene rings is 1. The molecule has 116 valence electrons. The Kier molecular flexibility index (Phi) is 4.69. The van der Waals surface area contributed by atoms with Crippen LogP contribution in [0.25, 0.3) is 0 Å². The number of carbonyl (C=O) groups is 1. The number of sulfonamides is 1. The summed E-state index contributed by atoms with van der Waals surface area (Å²) < 4.78 is 36.6. The molecule has 5 nitrogen and oxygen atoms in total. The molecule has 2 N–H and O–H groups in total. The van der Waals surface area contributed by atoms with Crippen molar-refractivity contribution in [2.45, 2.75) is 24.7 Å². The van der Waals surface area contributed by atoms with Crippen molar-refractivity contribution in [2.24, 2.45) is 11.1 Å². The van der Waals surface area contributed by atoms with Gasteiger partial charge in [-0.3, -0.25) is 4.79 Å². The lowest BCUT2D eigenvalue weighted by molar-refractivity contribution is 0.0696. The van der Waals surface area contributed by atoms with Crippen molar-refractivity contribution < 1.29 is 17.6 Å². The number of amides is 1. The van der Waals surface area contributed by atoms with Gasteiger partial charge in [0.2, 0.25) is 10.0 Å². The molecule has 0 saturated carbocycles. The highest BCUT2D eigenvalue weighted by Gasteiger charge is 2.26. The van der Waals surface area contributed by atoms with Crippen LogP contribution in [-0.4, -0.2) is 32.3 Å². The fraction of sp³-hybridized carbons (Fsp3) is 0.462. The molecule has 0 aromatic heterocycles. The van der Waals surface area contributed by atoms with E-state index in [2.05, 4.69) is 22.9 Å². The first-order valence-electron chi connectivity index (χ1n) is 6.51. The summed E-state index contributed by atoms with van der Waals surface area (Å²) in [4.78, 5) is 13.4. The van der Waals surface area contributed by atoms with Crippen molar-refractivity contribution in [3.63, 3.8) is 0 Å². The van der Waals surface area contributed by atoms with Crippen LogP contribution in [0.5, 0.6) is 0 Å². The largest absolute Gasteiger partial charge is 0.339 e. The fourth-order valence-electron chi connectivity index (χ4n) is 2.29. The molecule has 0 radical (unpaired) electrons. The Morgan fingerprint density at radius 3 is 2.48 bits per heavy atom. The Labute approximate surface area is 131 Å². The van der Waals surface area contributed by atoms with E-state index in [0.29, 0.717) is 19.0 Å². The number of likely N-dealkylation sites (tertiary alicyclic amines) is 1. The first-order chi connectivity index (χ1) is 9.70. The van der Waals surface area contributed by atoms with Gasteiger partial charge in [0.15, 0.2) is 0 Å². The molecule has 21 heavy (non-hydrogen) atoms. The second kappa shape index (κ2) is 6.02. The molecule has 0 spiro atoms. The van der Waals surface area contributed by atoms with Crippen molar-refractivity contribution in [1.82, 2.24) is 4.90 Å². The second-order valence-electron chi connectivity index (χ2n) is 5.28. The molecule has 2 rings (SSSR count). The summed E-state index contributed by atoms with van der Waals surface area (Å²) in [7, 11) is -4.21. The Morgan fingerprint density at radius 2 is 1.95 bits per heavy atom. The number of hydrogen-bond acceptors (Lipinski definition) is 3. The van der Waals surface area contributed by atoms with E-state index in [1.807, 2.05) is 0 Å². The molecule has 1 aliphatic heterocycles. The number of hydrogen-bond donors (Lipinski definition) is 1. The van der Waals surface area contributed by atoms with Gasteiger partial charge in [-0.15, -0.1) is 0 Å². The maximum absolute atomic E-state index is 13.7. The number of primary sulfonamides is 1. The molecule has 1 heterocycles. The normalized spacial score (nSPS) is 17.0. The maximum atomic E-state index is 13.7. The number of carbonyl (C=O) groups excluding carboxylic acids is 1. The first kappa shape index (κ1) is 16.4. The van der Waals surface area contributed by atoms with Gasteiger partial charge in [0.05, 0.1) is 5.56 Å². The van der Waals surface area contributed by atoms with Crippen molar-refractivity contribution in [1.29, 1.82) is 0 Å². The topological polar surface area (TPSA) is 80.5 Å². The van der Waals surface area contributed by atoms with Crippen LogP contribution in [0.1, 0.15) is 30.1 Å². The van der Waals surface area contributed by atoms with Gasteiger partial charge < -0.3 is 4.90 Å². The van der Waals surface area contributed by atoms with Gasteiger partial charge in [-0.1, -0.05) is 6.92 Å². The van der Waals surface area contributed by atoms with Crippen molar-refractivity contribution in [3.8, 4) is 0 Å². The minimum atomic E-state index is -4.21. The summed E-state index contributed by atoms with van der Waals surface area (Å²) in [6, 6.07) is 1.95. The molecule has 1 amide bonds. The summed E-state index contributed by atoms with van der Waals surface area (Å²) in [5.74, 6) is -0.738. The molecule has 1 aliphatic rings. The van der Waals surface area contributed by atoms with E-state index >= 15 is 0 Å². The van der Waals surface area contributed by atoms with E-state index < -0.39 is 20.7 Å². The molecule has 8 heteroatoms. The van der Waals surface area contributed by atoms with Crippen molar-refractivity contribution in [3.05, 3.63) is 28.0 Å². The highest BCUT2D eigenvalue weighted by molar-refractivity contribution is 9.10. The van der Waals surface area contributed by atoms with E-state index in [-0.39, 0.29) is 15.9 Å². The third kappa shape index (κ3) is 3.61.